The maximum atomic E-state index is 12.7. The van der Waals surface area contributed by atoms with E-state index in [4.69, 9.17) is 0 Å². The number of piperazine rings is 2. The second-order valence-corrected chi connectivity index (χ2v) is 8.18. The molecule has 26 heavy (non-hydrogen) atoms. The molecule has 144 valence electrons. The van der Waals surface area contributed by atoms with Gasteiger partial charge in [-0.1, -0.05) is 26.0 Å². The first-order chi connectivity index (χ1) is 12.5. The summed E-state index contributed by atoms with van der Waals surface area (Å²) >= 11 is 0. The molecule has 5 nitrogen and oxygen atoms in total. The summed E-state index contributed by atoms with van der Waals surface area (Å²) in [6.45, 7) is 16.2. The molecule has 0 N–H and O–H groups in total. The van der Waals surface area contributed by atoms with Crippen LogP contribution >= 0.6 is 0 Å². The van der Waals surface area contributed by atoms with Crippen molar-refractivity contribution in [2.24, 2.45) is 5.92 Å². The number of rotatable bonds is 5. The zero-order chi connectivity index (χ0) is 18.5. The van der Waals surface area contributed by atoms with Gasteiger partial charge in [-0.05, 0) is 30.5 Å². The second-order valence-electron chi connectivity index (χ2n) is 8.18. The number of nitrogens with zero attached hydrogens (tertiary/aromatic N) is 4. The van der Waals surface area contributed by atoms with E-state index in [1.807, 2.05) is 4.90 Å². The molecule has 0 atom stereocenters. The average Bonchev–Trinajstić information content (AvgIpc) is 2.63. The summed E-state index contributed by atoms with van der Waals surface area (Å²) in [7, 11) is 0. The molecule has 0 radical (unpaired) electrons. The standard InChI is InChI=1S/C21H34N4O/c1-18(2)16-22-7-9-23(10-8-22)17-21(26)25-13-11-24(12-14-25)20-6-4-5-19(3)15-20/h4-6,15,18H,7-14,16-17H2,1-3H3. The zero-order valence-corrected chi connectivity index (χ0v) is 16.7. The molecule has 0 aliphatic carbocycles. The molecule has 0 unspecified atom stereocenters. The number of benzene rings is 1. The lowest BCUT2D eigenvalue weighted by atomic mass is 10.2. The first kappa shape index (κ1) is 19.2. The van der Waals surface area contributed by atoms with Crippen molar-refractivity contribution in [3.05, 3.63) is 29.8 Å². The van der Waals surface area contributed by atoms with Gasteiger partial charge in [0.2, 0.25) is 5.91 Å². The molecule has 5 heteroatoms. The lowest BCUT2D eigenvalue weighted by molar-refractivity contribution is -0.133. The van der Waals surface area contributed by atoms with Crippen molar-refractivity contribution >= 4 is 11.6 Å². The predicted octanol–water partition coefficient (Wildman–Crippen LogP) is 1.92. The number of anilines is 1. The predicted molar refractivity (Wildman–Crippen MR) is 108 cm³/mol. The minimum atomic E-state index is 0.297. The first-order valence-electron chi connectivity index (χ1n) is 10.1. The van der Waals surface area contributed by atoms with Gasteiger partial charge in [0.15, 0.2) is 0 Å². The van der Waals surface area contributed by atoms with Gasteiger partial charge in [0, 0.05) is 64.6 Å². The molecule has 1 amide bonds. The van der Waals surface area contributed by atoms with E-state index >= 15 is 0 Å². The summed E-state index contributed by atoms with van der Waals surface area (Å²) < 4.78 is 0. The normalized spacial score (nSPS) is 20.0. The van der Waals surface area contributed by atoms with Crippen molar-refractivity contribution in [1.82, 2.24) is 14.7 Å². The monoisotopic (exact) mass is 358 g/mol. The van der Waals surface area contributed by atoms with Crippen molar-refractivity contribution in [3.8, 4) is 0 Å². The molecular formula is C21H34N4O. The van der Waals surface area contributed by atoms with Gasteiger partial charge < -0.3 is 14.7 Å². The fourth-order valence-electron chi connectivity index (χ4n) is 3.98. The van der Waals surface area contributed by atoms with Gasteiger partial charge >= 0.3 is 0 Å². The second kappa shape index (κ2) is 8.87. The summed E-state index contributed by atoms with van der Waals surface area (Å²) in [5.41, 5.74) is 2.57. The fraction of sp³-hybridized carbons (Fsp3) is 0.667. The van der Waals surface area contributed by atoms with E-state index in [1.54, 1.807) is 0 Å². The van der Waals surface area contributed by atoms with E-state index in [2.05, 4.69) is 59.7 Å². The summed E-state index contributed by atoms with van der Waals surface area (Å²) in [6.07, 6.45) is 0. The van der Waals surface area contributed by atoms with Crippen LogP contribution in [0.2, 0.25) is 0 Å². The van der Waals surface area contributed by atoms with Crippen LogP contribution < -0.4 is 4.90 Å². The number of carbonyl (C=O) groups is 1. The highest BCUT2D eigenvalue weighted by atomic mass is 16.2. The fourth-order valence-corrected chi connectivity index (χ4v) is 3.98. The van der Waals surface area contributed by atoms with Crippen LogP contribution in [0.3, 0.4) is 0 Å². The largest absolute Gasteiger partial charge is 0.368 e. The quantitative estimate of drug-likeness (QED) is 0.804. The van der Waals surface area contributed by atoms with Crippen LogP contribution in [0.25, 0.3) is 0 Å². The van der Waals surface area contributed by atoms with Crippen molar-refractivity contribution in [2.75, 3.05) is 70.3 Å². The molecule has 0 aromatic heterocycles. The number of amides is 1. The highest BCUT2D eigenvalue weighted by Crippen LogP contribution is 2.18. The van der Waals surface area contributed by atoms with Crippen molar-refractivity contribution in [3.63, 3.8) is 0 Å². The molecule has 2 saturated heterocycles. The van der Waals surface area contributed by atoms with E-state index in [1.165, 1.54) is 17.8 Å². The Kier molecular flexibility index (Phi) is 6.54. The van der Waals surface area contributed by atoms with Gasteiger partial charge in [-0.15, -0.1) is 0 Å². The van der Waals surface area contributed by atoms with Crippen LogP contribution in [0.5, 0.6) is 0 Å². The van der Waals surface area contributed by atoms with Crippen LogP contribution in [0.15, 0.2) is 24.3 Å². The maximum Gasteiger partial charge on any atom is 0.236 e. The van der Waals surface area contributed by atoms with Gasteiger partial charge in [0.25, 0.3) is 0 Å². The molecule has 0 saturated carbocycles. The third-order valence-electron chi connectivity index (χ3n) is 5.45. The van der Waals surface area contributed by atoms with Gasteiger partial charge in [-0.2, -0.15) is 0 Å². The van der Waals surface area contributed by atoms with E-state index < -0.39 is 0 Å². The Balaban J connectivity index is 1.41. The molecule has 3 rings (SSSR count). The lowest BCUT2D eigenvalue weighted by Crippen LogP contribution is -2.54. The summed E-state index contributed by atoms with van der Waals surface area (Å²) in [4.78, 5) is 22.0. The van der Waals surface area contributed by atoms with Crippen LogP contribution in [-0.4, -0.2) is 86.1 Å². The molecular weight excluding hydrogens is 324 g/mol. The Bertz CT molecular complexity index is 587. The van der Waals surface area contributed by atoms with E-state index in [0.29, 0.717) is 18.4 Å². The molecule has 1 aromatic rings. The molecule has 0 bridgehead atoms. The number of carbonyl (C=O) groups excluding carboxylic acids is 1. The van der Waals surface area contributed by atoms with Gasteiger partial charge in [0.05, 0.1) is 6.54 Å². The molecule has 2 aliphatic heterocycles. The van der Waals surface area contributed by atoms with Crippen LogP contribution in [0, 0.1) is 12.8 Å². The molecule has 1 aromatic carbocycles. The van der Waals surface area contributed by atoms with Crippen LogP contribution in [-0.2, 0) is 4.79 Å². The summed E-state index contributed by atoms with van der Waals surface area (Å²) in [5, 5.41) is 0. The average molecular weight is 359 g/mol. The van der Waals surface area contributed by atoms with Gasteiger partial charge in [0.1, 0.15) is 0 Å². The highest BCUT2D eigenvalue weighted by molar-refractivity contribution is 5.78. The summed E-state index contributed by atoms with van der Waals surface area (Å²) in [6, 6.07) is 8.64. The van der Waals surface area contributed by atoms with Crippen LogP contribution in [0.4, 0.5) is 5.69 Å². The summed E-state index contributed by atoms with van der Waals surface area (Å²) in [5.74, 6) is 1.01. The highest BCUT2D eigenvalue weighted by Gasteiger charge is 2.25. The van der Waals surface area contributed by atoms with Gasteiger partial charge in [-0.25, -0.2) is 0 Å². The Morgan fingerprint density at radius 3 is 2.23 bits per heavy atom. The van der Waals surface area contributed by atoms with E-state index in [9.17, 15) is 4.79 Å². The van der Waals surface area contributed by atoms with Crippen LogP contribution in [0.1, 0.15) is 19.4 Å². The number of hydrogen-bond donors (Lipinski definition) is 0. The third-order valence-corrected chi connectivity index (χ3v) is 5.45. The molecule has 0 spiro atoms. The van der Waals surface area contributed by atoms with E-state index in [0.717, 1.165) is 52.4 Å². The molecule has 2 fully saturated rings. The smallest absolute Gasteiger partial charge is 0.236 e. The Labute approximate surface area is 158 Å². The molecule has 2 heterocycles. The van der Waals surface area contributed by atoms with Crippen molar-refractivity contribution in [2.45, 2.75) is 20.8 Å². The van der Waals surface area contributed by atoms with Gasteiger partial charge in [-0.3, -0.25) is 9.69 Å². The third kappa shape index (κ3) is 5.21. The number of hydrogen-bond acceptors (Lipinski definition) is 4. The maximum absolute atomic E-state index is 12.7. The molecule has 2 aliphatic rings. The Hall–Kier alpha value is -1.59. The Morgan fingerprint density at radius 1 is 0.962 bits per heavy atom. The topological polar surface area (TPSA) is 30.0 Å². The minimum absolute atomic E-state index is 0.297. The van der Waals surface area contributed by atoms with Crippen molar-refractivity contribution in [1.29, 1.82) is 0 Å². The SMILES string of the molecule is Cc1cccc(N2CCN(C(=O)CN3CCN(CC(C)C)CC3)CC2)c1. The number of aryl methyl sites for hydroxylation is 1. The Morgan fingerprint density at radius 2 is 1.62 bits per heavy atom. The minimum Gasteiger partial charge on any atom is -0.368 e. The first-order valence-corrected chi connectivity index (χ1v) is 10.1. The van der Waals surface area contributed by atoms with E-state index in [-0.39, 0.29) is 0 Å². The lowest BCUT2D eigenvalue weighted by Gasteiger charge is -2.39. The zero-order valence-electron chi connectivity index (χ0n) is 16.7. The van der Waals surface area contributed by atoms with Crippen molar-refractivity contribution < 1.29 is 4.79 Å².